The molecule has 0 bridgehead atoms. The Morgan fingerprint density at radius 2 is 2.20 bits per heavy atom. The molecule has 1 aliphatic rings. The van der Waals surface area contributed by atoms with Crippen LogP contribution >= 0.6 is 0 Å². The minimum atomic E-state index is -1.06. The highest BCUT2D eigenvalue weighted by Gasteiger charge is 2.30. The molecule has 0 aromatic heterocycles. The molecule has 0 aromatic rings. The lowest BCUT2D eigenvalue weighted by Crippen LogP contribution is -2.21. The Balaban J connectivity index is 2.55. The van der Waals surface area contributed by atoms with Crippen LogP contribution in [0, 0.1) is 19.8 Å². The van der Waals surface area contributed by atoms with Crippen LogP contribution in [-0.4, -0.2) is 11.3 Å². The van der Waals surface area contributed by atoms with Gasteiger partial charge in [-0.05, 0) is 5.92 Å². The summed E-state index contributed by atoms with van der Waals surface area (Å²) in [5, 5.41) is 3.75. The first-order chi connectivity index (χ1) is 4.51. The van der Waals surface area contributed by atoms with Crippen LogP contribution in [0.25, 0.3) is 0 Å². The van der Waals surface area contributed by atoms with Crippen LogP contribution in [0.5, 0.6) is 0 Å². The fraction of sp³-hybridized carbons (Fsp3) is 0.625. The maximum absolute atomic E-state index is 5.45. The summed E-state index contributed by atoms with van der Waals surface area (Å²) in [4.78, 5) is 4.76. The summed E-state index contributed by atoms with van der Waals surface area (Å²) >= 11 is 0. The van der Waals surface area contributed by atoms with Gasteiger partial charge in [0.2, 0.25) is 0 Å². The fourth-order valence-electron chi connectivity index (χ4n) is 0.801. The molecule has 4 radical (unpaired) electrons. The molecule has 2 heteroatoms. The van der Waals surface area contributed by atoms with Gasteiger partial charge in [0.25, 0.3) is 0 Å². The molecule has 0 saturated carbocycles. The molecule has 0 N–H and O–H groups in total. The Kier molecular flexibility index (Phi) is 1.71. The highest BCUT2D eigenvalue weighted by atomic mass is 16.7. The number of nitrogens with zero attached hydrogens (tertiary/aromatic N) is 1. The molecule has 2 nitrogen and oxygen atoms in total. The molecule has 0 atom stereocenters. The quantitative estimate of drug-likeness (QED) is 0.537. The predicted octanol–water partition coefficient (Wildman–Crippen LogP) is 1.58. The number of hydrogen-bond acceptors (Lipinski definition) is 2. The second-order valence-corrected chi connectivity index (χ2v) is 2.96. The minimum absolute atomic E-state index is 0.369. The monoisotopic (exact) mass is 137 g/mol. The van der Waals surface area contributed by atoms with Gasteiger partial charge in [-0.2, -0.15) is 0 Å². The largest absolute Gasteiger partial charge is 0.388 e. The standard InChI is InChI=1S/C8H11NO/c1-6(2)7-5-8(3,4)10-9-7/h3-4,6H,5H2,1-2H3. The van der Waals surface area contributed by atoms with Crippen LogP contribution < -0.4 is 0 Å². The Morgan fingerprint density at radius 3 is 2.40 bits per heavy atom. The van der Waals surface area contributed by atoms with Crippen molar-refractivity contribution in [3.8, 4) is 0 Å². The van der Waals surface area contributed by atoms with Crippen molar-refractivity contribution in [2.45, 2.75) is 25.9 Å². The van der Waals surface area contributed by atoms with Crippen LogP contribution in [0.3, 0.4) is 0 Å². The van der Waals surface area contributed by atoms with E-state index in [1.54, 1.807) is 0 Å². The zero-order valence-corrected chi connectivity index (χ0v) is 6.29. The third kappa shape index (κ3) is 1.49. The van der Waals surface area contributed by atoms with E-state index in [1.165, 1.54) is 0 Å². The fourth-order valence-corrected chi connectivity index (χ4v) is 0.801. The van der Waals surface area contributed by atoms with Crippen LogP contribution in [0.4, 0.5) is 0 Å². The molecule has 0 spiro atoms. The van der Waals surface area contributed by atoms with E-state index in [4.69, 9.17) is 18.7 Å². The van der Waals surface area contributed by atoms with Gasteiger partial charge < -0.3 is 4.84 Å². The van der Waals surface area contributed by atoms with E-state index in [-0.39, 0.29) is 0 Å². The van der Waals surface area contributed by atoms with E-state index in [9.17, 15) is 0 Å². The molecule has 1 rings (SSSR count). The van der Waals surface area contributed by atoms with Gasteiger partial charge in [0.1, 0.15) is 5.60 Å². The van der Waals surface area contributed by atoms with Gasteiger partial charge in [0.05, 0.1) is 5.71 Å². The van der Waals surface area contributed by atoms with Crippen LogP contribution in [0.15, 0.2) is 5.16 Å². The number of rotatable bonds is 1. The van der Waals surface area contributed by atoms with E-state index in [0.717, 1.165) is 5.71 Å². The maximum atomic E-state index is 5.45. The highest BCUT2D eigenvalue weighted by Crippen LogP contribution is 2.24. The summed E-state index contributed by atoms with van der Waals surface area (Å²) in [5.74, 6) is 0.369. The Hall–Kier alpha value is -0.530. The Bertz CT molecular complexity index is 159. The van der Waals surface area contributed by atoms with Crippen molar-refractivity contribution >= 4 is 5.71 Å². The first kappa shape index (κ1) is 7.58. The zero-order valence-electron chi connectivity index (χ0n) is 6.29. The number of oxime groups is 1. The average molecular weight is 137 g/mol. The van der Waals surface area contributed by atoms with Crippen LogP contribution in [-0.2, 0) is 4.84 Å². The van der Waals surface area contributed by atoms with Gasteiger partial charge in [-0.15, -0.1) is 0 Å². The summed E-state index contributed by atoms with van der Waals surface area (Å²) in [6, 6.07) is 0. The van der Waals surface area contributed by atoms with E-state index in [2.05, 4.69) is 5.16 Å². The normalized spacial score (nSPS) is 22.7. The van der Waals surface area contributed by atoms with E-state index >= 15 is 0 Å². The van der Waals surface area contributed by atoms with Gasteiger partial charge >= 0.3 is 0 Å². The molecule has 54 valence electrons. The molecule has 0 unspecified atom stereocenters. The molecule has 0 saturated heterocycles. The van der Waals surface area contributed by atoms with Gasteiger partial charge in [-0.1, -0.05) is 19.0 Å². The molecular formula is C8H11NO. The molecular weight excluding hydrogens is 126 g/mol. The van der Waals surface area contributed by atoms with Crippen molar-refractivity contribution in [3.05, 3.63) is 13.8 Å². The second kappa shape index (κ2) is 2.26. The van der Waals surface area contributed by atoms with Crippen LogP contribution in [0.2, 0.25) is 0 Å². The summed E-state index contributed by atoms with van der Waals surface area (Å²) in [6.45, 7) is 15.0. The Labute approximate surface area is 62.3 Å². The van der Waals surface area contributed by atoms with Gasteiger partial charge in [0, 0.05) is 20.3 Å². The first-order valence-corrected chi connectivity index (χ1v) is 3.34. The number of hydrogen-bond donors (Lipinski definition) is 0. The summed E-state index contributed by atoms with van der Waals surface area (Å²) < 4.78 is 0. The van der Waals surface area contributed by atoms with Crippen molar-refractivity contribution in [2.75, 3.05) is 0 Å². The smallest absolute Gasteiger partial charge is 0.150 e. The second-order valence-electron chi connectivity index (χ2n) is 2.96. The molecule has 1 heterocycles. The lowest BCUT2D eigenvalue weighted by atomic mass is 9.96. The van der Waals surface area contributed by atoms with Crippen molar-refractivity contribution < 1.29 is 4.84 Å². The van der Waals surface area contributed by atoms with E-state index in [1.807, 2.05) is 13.8 Å². The molecule has 0 aliphatic carbocycles. The average Bonchev–Trinajstić information content (AvgIpc) is 2.10. The molecule has 1 aliphatic heterocycles. The van der Waals surface area contributed by atoms with E-state index in [0.29, 0.717) is 12.3 Å². The van der Waals surface area contributed by atoms with Crippen molar-refractivity contribution in [1.29, 1.82) is 0 Å². The lowest BCUT2D eigenvalue weighted by Gasteiger charge is -2.12. The molecule has 0 aromatic carbocycles. The minimum Gasteiger partial charge on any atom is -0.388 e. The zero-order chi connectivity index (χ0) is 7.78. The Morgan fingerprint density at radius 1 is 1.60 bits per heavy atom. The molecule has 0 amide bonds. The third-order valence-electron chi connectivity index (χ3n) is 1.46. The van der Waals surface area contributed by atoms with Gasteiger partial charge in [-0.3, -0.25) is 0 Å². The molecule has 10 heavy (non-hydrogen) atoms. The highest BCUT2D eigenvalue weighted by molar-refractivity contribution is 5.87. The summed E-state index contributed by atoms with van der Waals surface area (Å²) in [7, 11) is 0. The van der Waals surface area contributed by atoms with Gasteiger partial charge in [0.15, 0.2) is 0 Å². The summed E-state index contributed by atoms with van der Waals surface area (Å²) in [6.07, 6.45) is 0.532. The predicted molar refractivity (Wildman–Crippen MR) is 39.3 cm³/mol. The van der Waals surface area contributed by atoms with Gasteiger partial charge in [-0.25, -0.2) is 0 Å². The summed E-state index contributed by atoms with van der Waals surface area (Å²) in [5.41, 5.74) is -0.121. The molecule has 0 fully saturated rings. The van der Waals surface area contributed by atoms with Crippen molar-refractivity contribution in [1.82, 2.24) is 0 Å². The van der Waals surface area contributed by atoms with Crippen LogP contribution in [0.1, 0.15) is 20.3 Å². The lowest BCUT2D eigenvalue weighted by molar-refractivity contribution is 0.0548. The third-order valence-corrected chi connectivity index (χ3v) is 1.46. The van der Waals surface area contributed by atoms with Crippen molar-refractivity contribution in [2.24, 2.45) is 11.1 Å². The maximum Gasteiger partial charge on any atom is 0.150 e. The van der Waals surface area contributed by atoms with Crippen molar-refractivity contribution in [3.63, 3.8) is 0 Å². The SMILES string of the molecule is [CH]C1([CH])CC(C(C)C)=NO1. The van der Waals surface area contributed by atoms with E-state index < -0.39 is 5.60 Å². The topological polar surface area (TPSA) is 21.6 Å². The first-order valence-electron chi connectivity index (χ1n) is 3.34.